The van der Waals surface area contributed by atoms with Crippen molar-refractivity contribution in [3.8, 4) is 11.3 Å². The highest BCUT2D eigenvalue weighted by atomic mass is 19.1. The van der Waals surface area contributed by atoms with Crippen LogP contribution in [-0.4, -0.2) is 31.1 Å². The summed E-state index contributed by atoms with van der Waals surface area (Å²) in [5.41, 5.74) is 5.36. The quantitative estimate of drug-likeness (QED) is 0.439. The van der Waals surface area contributed by atoms with Gasteiger partial charge in [-0.2, -0.15) is 9.61 Å². The fourth-order valence-electron chi connectivity index (χ4n) is 3.77. The van der Waals surface area contributed by atoms with E-state index in [-0.39, 0.29) is 11.7 Å². The molecule has 1 aromatic carbocycles. The Morgan fingerprint density at radius 2 is 2.03 bits per heavy atom. The van der Waals surface area contributed by atoms with Gasteiger partial charge in [-0.25, -0.2) is 9.37 Å². The molecule has 1 atom stereocenters. The normalized spacial score (nSPS) is 12.5. The van der Waals surface area contributed by atoms with Gasteiger partial charge in [0.25, 0.3) is 0 Å². The molecule has 0 aliphatic carbocycles. The molecule has 0 bridgehead atoms. The summed E-state index contributed by atoms with van der Waals surface area (Å²) in [6.07, 6.45) is 6.66. The molecule has 0 unspecified atom stereocenters. The van der Waals surface area contributed by atoms with Gasteiger partial charge >= 0.3 is 0 Å². The number of nitrogens with zero attached hydrogens (tertiary/aromatic N) is 4. The van der Waals surface area contributed by atoms with Gasteiger partial charge < -0.3 is 10.3 Å². The first kappa shape index (κ1) is 18.3. The summed E-state index contributed by atoms with van der Waals surface area (Å²) in [7, 11) is 0. The van der Waals surface area contributed by atoms with E-state index in [1.54, 1.807) is 16.9 Å². The Labute approximate surface area is 172 Å². The lowest BCUT2D eigenvalue weighted by Crippen LogP contribution is -2.13. The molecular weight excluding hydrogens is 379 g/mol. The molecule has 2 N–H and O–H groups in total. The first-order valence-electron chi connectivity index (χ1n) is 9.86. The van der Waals surface area contributed by atoms with Gasteiger partial charge in [-0.05, 0) is 24.6 Å². The third-order valence-electron chi connectivity index (χ3n) is 5.39. The Morgan fingerprint density at radius 1 is 1.17 bits per heavy atom. The number of rotatable bonds is 5. The van der Waals surface area contributed by atoms with E-state index in [4.69, 9.17) is 0 Å². The molecule has 30 heavy (non-hydrogen) atoms. The average molecular weight is 400 g/mol. The van der Waals surface area contributed by atoms with E-state index in [2.05, 4.69) is 56.7 Å². The van der Waals surface area contributed by atoms with Crippen molar-refractivity contribution >= 4 is 22.4 Å². The highest BCUT2D eigenvalue weighted by molar-refractivity contribution is 5.83. The molecule has 0 spiro atoms. The highest BCUT2D eigenvalue weighted by Crippen LogP contribution is 2.27. The van der Waals surface area contributed by atoms with E-state index in [1.165, 1.54) is 23.2 Å². The minimum Gasteiger partial charge on any atom is -0.369 e. The van der Waals surface area contributed by atoms with Crippen molar-refractivity contribution in [1.29, 1.82) is 0 Å². The zero-order valence-corrected chi connectivity index (χ0v) is 16.7. The van der Waals surface area contributed by atoms with Gasteiger partial charge in [0.2, 0.25) is 0 Å². The standard InChI is InChI=1S/C23H21FN6/c1-14(19-13-26-20-6-4-3-5-18(19)20)9-27-22-8-21(16-7-17(24)12-25-11-16)29-23-15(2)10-28-30(22)23/h3-8,10-14,26-27H,9H2,1-2H3/t14-/m1/s1. The largest absolute Gasteiger partial charge is 0.369 e. The number of halogens is 1. The lowest BCUT2D eigenvalue weighted by atomic mass is 10.0. The Bertz CT molecular complexity index is 1350. The number of aryl methyl sites for hydroxylation is 1. The molecule has 5 rings (SSSR count). The van der Waals surface area contributed by atoms with Crippen LogP contribution in [0.25, 0.3) is 27.8 Å². The van der Waals surface area contributed by atoms with E-state index < -0.39 is 0 Å². The number of H-pyrrole nitrogens is 1. The third kappa shape index (κ3) is 3.18. The maximum absolute atomic E-state index is 13.7. The molecule has 150 valence electrons. The molecule has 0 saturated carbocycles. The van der Waals surface area contributed by atoms with Gasteiger partial charge in [-0.1, -0.05) is 25.1 Å². The van der Waals surface area contributed by atoms with Crippen LogP contribution in [0, 0.1) is 12.7 Å². The summed E-state index contributed by atoms with van der Waals surface area (Å²) in [5, 5.41) is 9.20. The first-order chi connectivity index (χ1) is 14.6. The average Bonchev–Trinajstić information content (AvgIpc) is 3.36. The van der Waals surface area contributed by atoms with E-state index in [1.807, 2.05) is 19.1 Å². The topological polar surface area (TPSA) is 70.9 Å². The lowest BCUT2D eigenvalue weighted by molar-refractivity contribution is 0.622. The van der Waals surface area contributed by atoms with Crippen molar-refractivity contribution in [2.75, 3.05) is 11.9 Å². The molecule has 7 heteroatoms. The molecule has 5 aromatic rings. The van der Waals surface area contributed by atoms with E-state index in [0.717, 1.165) is 22.5 Å². The summed E-state index contributed by atoms with van der Waals surface area (Å²) in [4.78, 5) is 12.0. The zero-order valence-electron chi connectivity index (χ0n) is 16.7. The molecule has 0 saturated heterocycles. The number of benzene rings is 1. The van der Waals surface area contributed by atoms with Gasteiger partial charge in [-0.3, -0.25) is 4.98 Å². The summed E-state index contributed by atoms with van der Waals surface area (Å²) >= 11 is 0. The number of aromatic amines is 1. The van der Waals surface area contributed by atoms with Crippen molar-refractivity contribution in [2.45, 2.75) is 19.8 Å². The summed E-state index contributed by atoms with van der Waals surface area (Å²) in [6.45, 7) is 4.86. The number of hydrogen-bond donors (Lipinski definition) is 2. The predicted molar refractivity (Wildman–Crippen MR) is 116 cm³/mol. The predicted octanol–water partition coefficient (Wildman–Crippen LogP) is 4.94. The molecule has 0 aliphatic rings. The van der Waals surface area contributed by atoms with Gasteiger partial charge in [0, 0.05) is 53.0 Å². The van der Waals surface area contributed by atoms with Crippen LogP contribution in [0.1, 0.15) is 24.0 Å². The van der Waals surface area contributed by atoms with Gasteiger partial charge in [0.15, 0.2) is 5.65 Å². The lowest BCUT2D eigenvalue weighted by Gasteiger charge is -2.15. The Hall–Kier alpha value is -3.74. The van der Waals surface area contributed by atoms with Crippen LogP contribution < -0.4 is 5.32 Å². The number of anilines is 1. The first-order valence-corrected chi connectivity index (χ1v) is 9.86. The molecular formula is C23H21FN6. The van der Waals surface area contributed by atoms with Crippen LogP contribution in [0.2, 0.25) is 0 Å². The van der Waals surface area contributed by atoms with Gasteiger partial charge in [0.05, 0.1) is 18.1 Å². The van der Waals surface area contributed by atoms with Crippen molar-refractivity contribution in [1.82, 2.24) is 24.6 Å². The van der Waals surface area contributed by atoms with Crippen LogP contribution in [-0.2, 0) is 0 Å². The molecule has 0 radical (unpaired) electrons. The van der Waals surface area contributed by atoms with Crippen molar-refractivity contribution in [3.05, 3.63) is 78.1 Å². The van der Waals surface area contributed by atoms with Crippen molar-refractivity contribution in [3.63, 3.8) is 0 Å². The highest BCUT2D eigenvalue weighted by Gasteiger charge is 2.15. The van der Waals surface area contributed by atoms with Gasteiger partial charge in [0.1, 0.15) is 11.6 Å². The summed E-state index contributed by atoms with van der Waals surface area (Å²) in [6, 6.07) is 11.6. The monoisotopic (exact) mass is 400 g/mol. The van der Waals surface area contributed by atoms with E-state index >= 15 is 0 Å². The fraction of sp³-hybridized carbons (Fsp3) is 0.174. The van der Waals surface area contributed by atoms with E-state index in [9.17, 15) is 4.39 Å². The van der Waals surface area contributed by atoms with Crippen molar-refractivity contribution < 1.29 is 4.39 Å². The van der Waals surface area contributed by atoms with Crippen LogP contribution in [0.4, 0.5) is 10.2 Å². The third-order valence-corrected chi connectivity index (χ3v) is 5.39. The Balaban J connectivity index is 1.49. The smallest absolute Gasteiger partial charge is 0.160 e. The second kappa shape index (κ2) is 7.26. The van der Waals surface area contributed by atoms with Crippen LogP contribution in [0.5, 0.6) is 0 Å². The number of fused-ring (bicyclic) bond motifs is 2. The van der Waals surface area contributed by atoms with Gasteiger partial charge in [-0.15, -0.1) is 0 Å². The van der Waals surface area contributed by atoms with Crippen molar-refractivity contribution in [2.24, 2.45) is 0 Å². The number of hydrogen-bond acceptors (Lipinski definition) is 4. The summed E-state index contributed by atoms with van der Waals surface area (Å²) in [5.74, 6) is 0.682. The molecule has 4 heterocycles. The Morgan fingerprint density at radius 3 is 2.90 bits per heavy atom. The second-order valence-corrected chi connectivity index (χ2v) is 7.55. The molecule has 0 fully saturated rings. The van der Waals surface area contributed by atoms with Crippen LogP contribution in [0.15, 0.2) is 61.2 Å². The Kier molecular flexibility index (Phi) is 4.43. The zero-order chi connectivity index (χ0) is 20.7. The maximum atomic E-state index is 13.7. The number of para-hydroxylation sites is 1. The molecule has 0 aliphatic heterocycles. The molecule has 6 nitrogen and oxygen atoms in total. The van der Waals surface area contributed by atoms with E-state index in [0.29, 0.717) is 17.8 Å². The SMILES string of the molecule is Cc1cnn2c(NC[C@@H](C)c3c[nH]c4ccccc34)cc(-c3cncc(F)c3)nc12. The van der Waals surface area contributed by atoms with Crippen LogP contribution >= 0.6 is 0 Å². The fourth-order valence-corrected chi connectivity index (χ4v) is 3.77. The second-order valence-electron chi connectivity index (χ2n) is 7.55. The van der Waals surface area contributed by atoms with Crippen LogP contribution in [0.3, 0.4) is 0 Å². The summed E-state index contributed by atoms with van der Waals surface area (Å²) < 4.78 is 15.5. The molecule has 4 aromatic heterocycles. The number of pyridine rings is 1. The number of nitrogens with one attached hydrogen (secondary N) is 2. The number of aromatic nitrogens is 5. The minimum atomic E-state index is -0.387. The maximum Gasteiger partial charge on any atom is 0.160 e. The minimum absolute atomic E-state index is 0.264. The molecule has 0 amide bonds.